The molecule has 43 heavy (non-hydrogen) atoms. The Morgan fingerprint density at radius 1 is 0.953 bits per heavy atom. The normalized spacial score (nSPS) is 16.8. The molecule has 0 saturated carbocycles. The van der Waals surface area contributed by atoms with Crippen LogP contribution in [-0.4, -0.2) is 109 Å². The molecule has 0 unspecified atom stereocenters. The topological polar surface area (TPSA) is 110 Å². The molecule has 0 spiro atoms. The van der Waals surface area contributed by atoms with Crippen molar-refractivity contribution in [3.05, 3.63) is 47.9 Å². The lowest BCUT2D eigenvalue weighted by Gasteiger charge is -2.50. The monoisotopic (exact) mass is 590 g/mol. The Labute approximate surface area is 253 Å². The fraction of sp³-hybridized carbons (Fsp3) is 0.531. The molecule has 1 amide bonds. The fourth-order valence-electron chi connectivity index (χ4n) is 5.73. The van der Waals surface area contributed by atoms with Crippen LogP contribution in [0.15, 0.2) is 36.7 Å². The molecule has 4 heterocycles. The number of benzene rings is 1. The second-order valence-corrected chi connectivity index (χ2v) is 12.3. The molecule has 3 aromatic rings. The van der Waals surface area contributed by atoms with Crippen molar-refractivity contribution in [3.63, 3.8) is 0 Å². The molecule has 2 aromatic heterocycles. The molecule has 11 nitrogen and oxygen atoms in total. The van der Waals surface area contributed by atoms with Crippen LogP contribution in [0.3, 0.4) is 0 Å². The number of fused-ring (bicyclic) bond motifs is 1. The number of aromatic nitrogens is 3. The van der Waals surface area contributed by atoms with Crippen molar-refractivity contribution in [2.45, 2.75) is 39.7 Å². The van der Waals surface area contributed by atoms with E-state index < -0.39 is 5.91 Å². The van der Waals surface area contributed by atoms with E-state index >= 15 is 0 Å². The lowest BCUT2D eigenvalue weighted by atomic mass is 9.73. The predicted molar refractivity (Wildman–Crippen MR) is 164 cm³/mol. The van der Waals surface area contributed by atoms with Gasteiger partial charge in [-0.1, -0.05) is 13.8 Å². The zero-order chi connectivity index (χ0) is 30.6. The van der Waals surface area contributed by atoms with E-state index in [1.54, 1.807) is 24.4 Å². The van der Waals surface area contributed by atoms with Gasteiger partial charge in [-0.15, -0.1) is 5.10 Å². The van der Waals surface area contributed by atoms with Crippen LogP contribution in [-0.2, 0) is 20.7 Å². The van der Waals surface area contributed by atoms with Crippen molar-refractivity contribution < 1.29 is 23.8 Å². The van der Waals surface area contributed by atoms with Crippen molar-refractivity contribution in [2.75, 3.05) is 71.1 Å². The fourth-order valence-corrected chi connectivity index (χ4v) is 5.73. The minimum Gasteiger partial charge on any atom is -0.493 e. The summed E-state index contributed by atoms with van der Waals surface area (Å²) < 4.78 is 18.1. The van der Waals surface area contributed by atoms with E-state index in [0.717, 1.165) is 48.3 Å². The number of pyridine rings is 1. The van der Waals surface area contributed by atoms with Gasteiger partial charge in [-0.05, 0) is 43.7 Å². The number of morpholine rings is 1. The van der Waals surface area contributed by atoms with Gasteiger partial charge in [0, 0.05) is 79.8 Å². The predicted octanol–water partition coefficient (Wildman–Crippen LogP) is 2.99. The van der Waals surface area contributed by atoms with Gasteiger partial charge in [0.2, 0.25) is 6.29 Å². The van der Waals surface area contributed by atoms with E-state index in [1.165, 1.54) is 0 Å². The minimum atomic E-state index is -0.494. The van der Waals surface area contributed by atoms with Crippen molar-refractivity contribution in [2.24, 2.45) is 5.41 Å². The highest BCUT2D eigenvalue weighted by molar-refractivity contribution is 6.23. The maximum Gasteiger partial charge on any atom is 0.286 e. The Morgan fingerprint density at radius 2 is 1.63 bits per heavy atom. The molecule has 0 aliphatic carbocycles. The number of carbonyl (C=O) groups excluding carboxylic acids is 2. The van der Waals surface area contributed by atoms with E-state index in [-0.39, 0.29) is 11.0 Å². The molecular formula is C32H42N6O5. The molecule has 0 bridgehead atoms. The number of methoxy groups -OCH3 is 1. The van der Waals surface area contributed by atoms with Crippen molar-refractivity contribution >= 4 is 28.8 Å². The Balaban J connectivity index is 1.49. The lowest BCUT2D eigenvalue weighted by Crippen LogP contribution is -2.59. The molecule has 2 fully saturated rings. The highest BCUT2D eigenvalue weighted by atomic mass is 16.5. The van der Waals surface area contributed by atoms with Crippen molar-refractivity contribution in [1.82, 2.24) is 25.0 Å². The molecule has 0 atom stereocenters. The molecule has 11 heteroatoms. The number of ether oxygens (including phenoxy) is 3. The molecule has 2 aliphatic heterocycles. The zero-order valence-corrected chi connectivity index (χ0v) is 25.8. The third-order valence-electron chi connectivity index (χ3n) is 9.28. The number of hydrogen-bond acceptors (Lipinski definition) is 10. The number of anilines is 1. The van der Waals surface area contributed by atoms with Crippen LogP contribution in [0.4, 0.5) is 5.82 Å². The average Bonchev–Trinajstić information content (AvgIpc) is 3.04. The number of piperazine rings is 1. The van der Waals surface area contributed by atoms with Crippen molar-refractivity contribution in [3.8, 4) is 11.5 Å². The van der Waals surface area contributed by atoms with Gasteiger partial charge in [0.1, 0.15) is 0 Å². The molecule has 230 valence electrons. The molecule has 2 saturated heterocycles. The van der Waals surface area contributed by atoms with Crippen molar-refractivity contribution in [1.29, 1.82) is 0 Å². The van der Waals surface area contributed by atoms with Crippen LogP contribution in [0.5, 0.6) is 11.5 Å². The SMILES string of the molecule is COc1cc2c(Cc3ccncc3)nnc(N3CCN(C(=O)C=O)CC3)c2cc1OCC(C)(C)C(C)(C)N1CCOCC1. The van der Waals surface area contributed by atoms with Gasteiger partial charge >= 0.3 is 0 Å². The first-order valence-electron chi connectivity index (χ1n) is 14.9. The first-order chi connectivity index (χ1) is 20.6. The third kappa shape index (κ3) is 6.42. The summed E-state index contributed by atoms with van der Waals surface area (Å²) in [6.07, 6.45) is 4.49. The molecule has 1 aromatic carbocycles. The first-order valence-corrected chi connectivity index (χ1v) is 14.9. The summed E-state index contributed by atoms with van der Waals surface area (Å²) in [7, 11) is 1.65. The van der Waals surface area contributed by atoms with Gasteiger partial charge in [0.15, 0.2) is 17.3 Å². The van der Waals surface area contributed by atoms with Gasteiger partial charge in [0.05, 0.1) is 32.6 Å². The highest BCUT2D eigenvalue weighted by Gasteiger charge is 2.43. The van der Waals surface area contributed by atoms with Crippen LogP contribution in [0, 0.1) is 5.41 Å². The Morgan fingerprint density at radius 3 is 2.28 bits per heavy atom. The van der Waals surface area contributed by atoms with Gasteiger partial charge in [-0.25, -0.2) is 0 Å². The van der Waals surface area contributed by atoms with Gasteiger partial charge in [0.25, 0.3) is 5.91 Å². The maximum atomic E-state index is 11.9. The Hall–Kier alpha value is -3.83. The van der Waals surface area contributed by atoms with E-state index in [2.05, 4.69) is 47.6 Å². The summed E-state index contributed by atoms with van der Waals surface area (Å²) in [5.41, 5.74) is 1.56. The second-order valence-electron chi connectivity index (χ2n) is 12.3. The van der Waals surface area contributed by atoms with E-state index in [4.69, 9.17) is 19.3 Å². The van der Waals surface area contributed by atoms with Crippen LogP contribution < -0.4 is 14.4 Å². The molecule has 5 rings (SSSR count). The molecule has 0 radical (unpaired) electrons. The number of carbonyl (C=O) groups is 2. The number of nitrogens with zero attached hydrogens (tertiary/aromatic N) is 6. The van der Waals surface area contributed by atoms with Crippen LogP contribution in [0.2, 0.25) is 0 Å². The lowest BCUT2D eigenvalue weighted by molar-refractivity contribution is -0.139. The van der Waals surface area contributed by atoms with Crippen LogP contribution in [0.1, 0.15) is 39.0 Å². The summed E-state index contributed by atoms with van der Waals surface area (Å²) in [5.74, 6) is 1.49. The average molecular weight is 591 g/mol. The first kappa shape index (κ1) is 30.6. The molecular weight excluding hydrogens is 548 g/mol. The number of rotatable bonds is 10. The van der Waals surface area contributed by atoms with E-state index in [1.807, 2.05) is 24.3 Å². The Bertz CT molecular complexity index is 1430. The van der Waals surface area contributed by atoms with E-state index in [9.17, 15) is 9.59 Å². The second kappa shape index (κ2) is 12.8. The Kier molecular flexibility index (Phi) is 9.12. The largest absolute Gasteiger partial charge is 0.493 e. The number of amides is 1. The maximum absolute atomic E-state index is 11.9. The quantitative estimate of drug-likeness (QED) is 0.258. The van der Waals surface area contributed by atoms with Crippen LogP contribution >= 0.6 is 0 Å². The standard InChI is InChI=1S/C32H42N6O5/c1-31(2,32(3,4)38-14-16-42-17-15-38)22-43-28-20-25-24(19-27(28)41-5)26(18-23-6-8-33-9-7-23)34-35-30(25)37-12-10-36(11-13-37)29(40)21-39/h6-9,19-21H,10-18,22H2,1-5H3. The van der Waals surface area contributed by atoms with Gasteiger partial charge in [-0.3, -0.25) is 19.5 Å². The van der Waals surface area contributed by atoms with E-state index in [0.29, 0.717) is 62.8 Å². The summed E-state index contributed by atoms with van der Waals surface area (Å²) in [4.78, 5) is 33.3. The highest BCUT2D eigenvalue weighted by Crippen LogP contribution is 2.41. The third-order valence-corrected chi connectivity index (χ3v) is 9.28. The smallest absolute Gasteiger partial charge is 0.286 e. The van der Waals surface area contributed by atoms with Gasteiger partial charge < -0.3 is 24.0 Å². The zero-order valence-electron chi connectivity index (χ0n) is 25.8. The number of hydrogen-bond donors (Lipinski definition) is 0. The van der Waals surface area contributed by atoms with Gasteiger partial charge in [-0.2, -0.15) is 5.10 Å². The summed E-state index contributed by atoms with van der Waals surface area (Å²) >= 11 is 0. The summed E-state index contributed by atoms with van der Waals surface area (Å²) in [5, 5.41) is 11.2. The minimum absolute atomic E-state index is 0.131. The molecule has 2 aliphatic rings. The van der Waals surface area contributed by atoms with Crippen LogP contribution in [0.25, 0.3) is 10.8 Å². The molecule has 0 N–H and O–H groups in total. The summed E-state index contributed by atoms with van der Waals surface area (Å²) in [6, 6.07) is 7.94. The summed E-state index contributed by atoms with van der Waals surface area (Å²) in [6.45, 7) is 14.7. The number of aldehydes is 1.